The number of urea groups is 1. The minimum Gasteiger partial charge on any atom is -0.379 e. The van der Waals surface area contributed by atoms with Crippen LogP contribution < -0.4 is 5.32 Å². The van der Waals surface area contributed by atoms with Crippen LogP contribution >= 0.6 is 11.3 Å². The second kappa shape index (κ2) is 6.56. The second-order valence-electron chi connectivity index (χ2n) is 5.34. The van der Waals surface area contributed by atoms with E-state index in [1.165, 1.54) is 0 Å². The van der Waals surface area contributed by atoms with Gasteiger partial charge in [-0.2, -0.15) is 11.3 Å². The largest absolute Gasteiger partial charge is 0.379 e. The van der Waals surface area contributed by atoms with Gasteiger partial charge in [-0.1, -0.05) is 0 Å². The summed E-state index contributed by atoms with van der Waals surface area (Å²) in [6, 6.07) is 2.32. The predicted octanol–water partition coefficient (Wildman–Crippen LogP) is 2.08. The van der Waals surface area contributed by atoms with Crippen LogP contribution in [0.4, 0.5) is 10.5 Å². The van der Waals surface area contributed by atoms with Crippen LogP contribution in [0.5, 0.6) is 0 Å². The van der Waals surface area contributed by atoms with E-state index in [9.17, 15) is 4.79 Å². The van der Waals surface area contributed by atoms with Crippen molar-refractivity contribution in [2.24, 2.45) is 0 Å². The van der Waals surface area contributed by atoms with Crippen molar-refractivity contribution in [2.75, 3.05) is 44.7 Å². The number of carbonyl (C=O) groups is 1. The molecule has 0 saturated carbocycles. The third-order valence-corrected chi connectivity index (χ3v) is 4.67. The molecule has 1 atom stereocenters. The maximum absolute atomic E-state index is 12.3. The molecule has 0 spiro atoms. The van der Waals surface area contributed by atoms with Crippen molar-refractivity contribution in [1.29, 1.82) is 0 Å². The number of hydrogen-bond acceptors (Lipinski definition) is 4. The molecule has 20 heavy (non-hydrogen) atoms. The van der Waals surface area contributed by atoms with Gasteiger partial charge in [-0.25, -0.2) is 4.79 Å². The zero-order valence-electron chi connectivity index (χ0n) is 11.6. The molecule has 2 aliphatic heterocycles. The lowest BCUT2D eigenvalue weighted by Gasteiger charge is -2.32. The highest BCUT2D eigenvalue weighted by Crippen LogP contribution is 2.21. The van der Waals surface area contributed by atoms with Crippen LogP contribution in [-0.2, 0) is 4.74 Å². The minimum absolute atomic E-state index is 0.0409. The Bertz CT molecular complexity index is 432. The molecule has 1 aromatic heterocycles. The first kappa shape index (κ1) is 13.9. The number of amides is 2. The first-order valence-electron chi connectivity index (χ1n) is 7.23. The van der Waals surface area contributed by atoms with Gasteiger partial charge in [0.25, 0.3) is 0 Å². The fourth-order valence-corrected chi connectivity index (χ4v) is 3.49. The third-order valence-electron chi connectivity index (χ3n) is 3.98. The normalized spacial score (nSPS) is 24.0. The van der Waals surface area contributed by atoms with Crippen LogP contribution in [0.1, 0.15) is 12.8 Å². The molecule has 5 nitrogen and oxygen atoms in total. The molecule has 6 heteroatoms. The van der Waals surface area contributed by atoms with Gasteiger partial charge in [-0.3, -0.25) is 4.90 Å². The van der Waals surface area contributed by atoms with E-state index in [-0.39, 0.29) is 6.03 Å². The molecule has 0 aromatic carbocycles. The number of hydrogen-bond donors (Lipinski definition) is 1. The van der Waals surface area contributed by atoms with Gasteiger partial charge in [-0.05, 0) is 24.3 Å². The molecule has 1 N–H and O–H groups in total. The van der Waals surface area contributed by atoms with E-state index in [1.54, 1.807) is 11.3 Å². The lowest BCUT2D eigenvalue weighted by molar-refractivity contribution is 0.0296. The summed E-state index contributed by atoms with van der Waals surface area (Å²) >= 11 is 1.60. The van der Waals surface area contributed by atoms with E-state index in [4.69, 9.17) is 4.74 Å². The van der Waals surface area contributed by atoms with E-state index in [0.717, 1.165) is 57.9 Å². The topological polar surface area (TPSA) is 44.8 Å². The Morgan fingerprint density at radius 2 is 2.25 bits per heavy atom. The van der Waals surface area contributed by atoms with Crippen molar-refractivity contribution in [3.8, 4) is 0 Å². The van der Waals surface area contributed by atoms with E-state index >= 15 is 0 Å². The Labute approximate surface area is 123 Å². The third kappa shape index (κ3) is 3.31. The van der Waals surface area contributed by atoms with Crippen molar-refractivity contribution in [3.05, 3.63) is 16.8 Å². The standard InChI is InChI=1S/C14H21N3O2S/c18-14(15-12-3-9-20-11-12)17-4-1-2-13(17)10-16-5-7-19-8-6-16/h3,9,11,13H,1-2,4-8,10H2,(H,15,18)/t13-/m0/s1. The van der Waals surface area contributed by atoms with Gasteiger partial charge >= 0.3 is 6.03 Å². The van der Waals surface area contributed by atoms with Gasteiger partial charge in [0.05, 0.1) is 18.9 Å². The smallest absolute Gasteiger partial charge is 0.322 e. The van der Waals surface area contributed by atoms with Gasteiger partial charge < -0.3 is 15.0 Å². The van der Waals surface area contributed by atoms with Gasteiger partial charge in [-0.15, -0.1) is 0 Å². The Balaban J connectivity index is 1.55. The van der Waals surface area contributed by atoms with Crippen molar-refractivity contribution < 1.29 is 9.53 Å². The SMILES string of the molecule is O=C(Nc1ccsc1)N1CCC[C@H]1CN1CCOCC1. The van der Waals surface area contributed by atoms with Gasteiger partial charge in [0.15, 0.2) is 0 Å². The monoisotopic (exact) mass is 295 g/mol. The fourth-order valence-electron chi connectivity index (χ4n) is 2.91. The lowest BCUT2D eigenvalue weighted by Crippen LogP contribution is -2.47. The summed E-state index contributed by atoms with van der Waals surface area (Å²) in [5.74, 6) is 0. The molecule has 2 amide bonds. The highest BCUT2D eigenvalue weighted by Gasteiger charge is 2.30. The number of ether oxygens (including phenoxy) is 1. The van der Waals surface area contributed by atoms with Gasteiger partial charge in [0, 0.05) is 37.6 Å². The van der Waals surface area contributed by atoms with Crippen molar-refractivity contribution >= 4 is 23.1 Å². The number of rotatable bonds is 3. The Morgan fingerprint density at radius 3 is 3.00 bits per heavy atom. The maximum Gasteiger partial charge on any atom is 0.322 e. The van der Waals surface area contributed by atoms with Crippen LogP contribution in [0.25, 0.3) is 0 Å². The van der Waals surface area contributed by atoms with Crippen LogP contribution in [0.3, 0.4) is 0 Å². The number of carbonyl (C=O) groups excluding carboxylic acids is 1. The molecule has 1 aromatic rings. The number of nitrogens with one attached hydrogen (secondary N) is 1. The average Bonchev–Trinajstić information content (AvgIpc) is 3.11. The molecule has 0 aliphatic carbocycles. The number of thiophene rings is 1. The van der Waals surface area contributed by atoms with Crippen LogP contribution in [0, 0.1) is 0 Å². The Morgan fingerprint density at radius 1 is 1.40 bits per heavy atom. The molecule has 3 rings (SSSR count). The molecule has 2 saturated heterocycles. The number of likely N-dealkylation sites (tertiary alicyclic amines) is 1. The maximum atomic E-state index is 12.3. The molecule has 2 fully saturated rings. The highest BCUT2D eigenvalue weighted by molar-refractivity contribution is 7.08. The van der Waals surface area contributed by atoms with Crippen LogP contribution in [-0.4, -0.2) is 61.3 Å². The summed E-state index contributed by atoms with van der Waals surface area (Å²) in [5.41, 5.74) is 0.900. The van der Waals surface area contributed by atoms with Crippen LogP contribution in [0.15, 0.2) is 16.8 Å². The first-order valence-corrected chi connectivity index (χ1v) is 8.17. The number of morpholine rings is 1. The van der Waals surface area contributed by atoms with E-state index < -0.39 is 0 Å². The summed E-state index contributed by atoms with van der Waals surface area (Å²) < 4.78 is 5.38. The van der Waals surface area contributed by atoms with E-state index in [2.05, 4.69) is 10.2 Å². The molecule has 0 radical (unpaired) electrons. The molecule has 0 unspecified atom stereocenters. The Hall–Kier alpha value is -1.11. The summed E-state index contributed by atoms with van der Waals surface area (Å²) in [6.07, 6.45) is 2.21. The molecule has 110 valence electrons. The zero-order valence-corrected chi connectivity index (χ0v) is 12.4. The summed E-state index contributed by atoms with van der Waals surface area (Å²) in [7, 11) is 0. The van der Waals surface area contributed by atoms with Crippen molar-refractivity contribution in [1.82, 2.24) is 9.80 Å². The quantitative estimate of drug-likeness (QED) is 0.928. The Kier molecular flexibility index (Phi) is 4.54. The lowest BCUT2D eigenvalue weighted by atomic mass is 10.2. The molecule has 2 aliphatic rings. The van der Waals surface area contributed by atoms with Gasteiger partial charge in [0.2, 0.25) is 0 Å². The van der Waals surface area contributed by atoms with Crippen molar-refractivity contribution in [2.45, 2.75) is 18.9 Å². The first-order chi connectivity index (χ1) is 9.83. The minimum atomic E-state index is 0.0409. The number of anilines is 1. The van der Waals surface area contributed by atoms with Crippen LogP contribution in [0.2, 0.25) is 0 Å². The fraction of sp³-hybridized carbons (Fsp3) is 0.643. The predicted molar refractivity (Wildman–Crippen MR) is 80.3 cm³/mol. The molecule has 0 bridgehead atoms. The number of nitrogens with zero attached hydrogens (tertiary/aromatic N) is 2. The molecule has 3 heterocycles. The van der Waals surface area contributed by atoms with Crippen molar-refractivity contribution in [3.63, 3.8) is 0 Å². The average molecular weight is 295 g/mol. The highest BCUT2D eigenvalue weighted by atomic mass is 32.1. The van der Waals surface area contributed by atoms with E-state index in [0.29, 0.717) is 6.04 Å². The zero-order chi connectivity index (χ0) is 13.8. The van der Waals surface area contributed by atoms with E-state index in [1.807, 2.05) is 21.7 Å². The summed E-state index contributed by atoms with van der Waals surface area (Å²) in [4.78, 5) is 16.7. The van der Waals surface area contributed by atoms with Gasteiger partial charge in [0.1, 0.15) is 0 Å². The summed E-state index contributed by atoms with van der Waals surface area (Å²) in [6.45, 7) is 5.43. The molecular formula is C14H21N3O2S. The second-order valence-corrected chi connectivity index (χ2v) is 6.12. The summed E-state index contributed by atoms with van der Waals surface area (Å²) in [5, 5.41) is 6.93. The molecular weight excluding hydrogens is 274 g/mol.